The SMILES string of the molecule is COC(=O)c1ccc([C@H]2CN(Cc3ccccc3)C[C@@H](C)O2)c(C)c1. The molecule has 1 heterocycles. The third-order valence-electron chi connectivity index (χ3n) is 4.62. The third-order valence-corrected chi connectivity index (χ3v) is 4.62. The molecule has 1 aliphatic rings. The van der Waals surface area contributed by atoms with Gasteiger partial charge in [0.1, 0.15) is 0 Å². The first-order valence-electron chi connectivity index (χ1n) is 8.67. The number of morpholine rings is 1. The molecule has 1 fully saturated rings. The molecule has 25 heavy (non-hydrogen) atoms. The topological polar surface area (TPSA) is 38.8 Å². The molecule has 0 aliphatic carbocycles. The van der Waals surface area contributed by atoms with Crippen LogP contribution in [0.1, 0.15) is 40.1 Å². The Balaban J connectivity index is 1.76. The Morgan fingerprint density at radius 1 is 1.20 bits per heavy atom. The van der Waals surface area contributed by atoms with Crippen LogP contribution in [0.2, 0.25) is 0 Å². The van der Waals surface area contributed by atoms with Crippen LogP contribution >= 0.6 is 0 Å². The molecule has 4 nitrogen and oxygen atoms in total. The minimum Gasteiger partial charge on any atom is -0.465 e. The second kappa shape index (κ2) is 7.81. The predicted octanol–water partition coefficient (Wildman–Crippen LogP) is 3.74. The van der Waals surface area contributed by atoms with Crippen molar-refractivity contribution in [1.82, 2.24) is 4.90 Å². The molecule has 1 saturated heterocycles. The predicted molar refractivity (Wildman–Crippen MR) is 97.5 cm³/mol. The molecule has 0 spiro atoms. The number of ether oxygens (including phenoxy) is 2. The highest BCUT2D eigenvalue weighted by atomic mass is 16.5. The van der Waals surface area contributed by atoms with Crippen LogP contribution in [-0.4, -0.2) is 37.2 Å². The van der Waals surface area contributed by atoms with Gasteiger partial charge >= 0.3 is 5.97 Å². The second-order valence-corrected chi connectivity index (χ2v) is 6.68. The number of benzene rings is 2. The van der Waals surface area contributed by atoms with Crippen LogP contribution in [0, 0.1) is 6.92 Å². The summed E-state index contributed by atoms with van der Waals surface area (Å²) < 4.78 is 11.0. The van der Waals surface area contributed by atoms with E-state index < -0.39 is 0 Å². The van der Waals surface area contributed by atoms with E-state index in [-0.39, 0.29) is 18.2 Å². The van der Waals surface area contributed by atoms with E-state index in [1.54, 1.807) is 0 Å². The Bertz CT molecular complexity index is 729. The molecule has 0 saturated carbocycles. The van der Waals surface area contributed by atoms with E-state index in [9.17, 15) is 4.79 Å². The average molecular weight is 339 g/mol. The summed E-state index contributed by atoms with van der Waals surface area (Å²) in [5, 5.41) is 0. The van der Waals surface area contributed by atoms with E-state index >= 15 is 0 Å². The Kier molecular flexibility index (Phi) is 5.51. The van der Waals surface area contributed by atoms with Crippen molar-refractivity contribution < 1.29 is 14.3 Å². The lowest BCUT2D eigenvalue weighted by Crippen LogP contribution is -2.42. The average Bonchev–Trinajstić information content (AvgIpc) is 2.61. The zero-order valence-electron chi connectivity index (χ0n) is 15.1. The largest absolute Gasteiger partial charge is 0.465 e. The molecular formula is C21H25NO3. The van der Waals surface area contributed by atoms with Crippen LogP contribution in [0.4, 0.5) is 0 Å². The number of hydrogen-bond donors (Lipinski definition) is 0. The molecule has 2 aromatic carbocycles. The van der Waals surface area contributed by atoms with E-state index in [0.717, 1.165) is 30.8 Å². The van der Waals surface area contributed by atoms with Crippen molar-refractivity contribution in [3.05, 3.63) is 70.8 Å². The van der Waals surface area contributed by atoms with Gasteiger partial charge in [0.05, 0.1) is 24.9 Å². The fourth-order valence-electron chi connectivity index (χ4n) is 3.46. The van der Waals surface area contributed by atoms with Crippen LogP contribution in [0.3, 0.4) is 0 Å². The number of esters is 1. The highest BCUT2D eigenvalue weighted by Crippen LogP contribution is 2.29. The normalized spacial score (nSPS) is 21.1. The maximum absolute atomic E-state index is 11.7. The fraction of sp³-hybridized carbons (Fsp3) is 0.381. The van der Waals surface area contributed by atoms with Crippen molar-refractivity contribution in [2.45, 2.75) is 32.6 Å². The number of rotatable bonds is 4. The first-order chi connectivity index (χ1) is 12.1. The first kappa shape index (κ1) is 17.6. The first-order valence-corrected chi connectivity index (χ1v) is 8.67. The molecule has 2 atom stereocenters. The molecule has 4 heteroatoms. The number of methoxy groups -OCH3 is 1. The third kappa shape index (κ3) is 4.27. The smallest absolute Gasteiger partial charge is 0.337 e. The number of nitrogens with zero attached hydrogens (tertiary/aromatic N) is 1. The molecule has 1 aliphatic heterocycles. The number of carbonyl (C=O) groups excluding carboxylic acids is 1. The molecule has 0 bridgehead atoms. The molecule has 132 valence electrons. The van der Waals surface area contributed by atoms with Crippen molar-refractivity contribution in [3.63, 3.8) is 0 Å². The summed E-state index contributed by atoms with van der Waals surface area (Å²) in [7, 11) is 1.40. The molecule has 0 aromatic heterocycles. The van der Waals surface area contributed by atoms with Crippen molar-refractivity contribution in [3.8, 4) is 0 Å². The van der Waals surface area contributed by atoms with Crippen molar-refractivity contribution in [1.29, 1.82) is 0 Å². The van der Waals surface area contributed by atoms with Crippen molar-refractivity contribution >= 4 is 5.97 Å². The summed E-state index contributed by atoms with van der Waals surface area (Å²) in [6, 6.07) is 16.2. The zero-order valence-corrected chi connectivity index (χ0v) is 15.1. The van der Waals surface area contributed by atoms with Gasteiger partial charge in [0.15, 0.2) is 0 Å². The van der Waals surface area contributed by atoms with Gasteiger partial charge in [-0.3, -0.25) is 4.90 Å². The Morgan fingerprint density at radius 3 is 2.64 bits per heavy atom. The van der Waals surface area contributed by atoms with Crippen LogP contribution in [0.15, 0.2) is 48.5 Å². The Hall–Kier alpha value is -2.17. The zero-order chi connectivity index (χ0) is 17.8. The summed E-state index contributed by atoms with van der Waals surface area (Å²) in [4.78, 5) is 14.1. The number of hydrogen-bond acceptors (Lipinski definition) is 4. The van der Waals surface area contributed by atoms with Gasteiger partial charge in [0.2, 0.25) is 0 Å². The van der Waals surface area contributed by atoms with E-state index in [1.165, 1.54) is 12.7 Å². The highest BCUT2D eigenvalue weighted by Gasteiger charge is 2.27. The summed E-state index contributed by atoms with van der Waals surface area (Å²) in [5.41, 5.74) is 4.08. The fourth-order valence-corrected chi connectivity index (χ4v) is 3.46. The van der Waals surface area contributed by atoms with Gasteiger partial charge in [0, 0.05) is 19.6 Å². The lowest BCUT2D eigenvalue weighted by molar-refractivity contribution is -0.0816. The Morgan fingerprint density at radius 2 is 1.96 bits per heavy atom. The highest BCUT2D eigenvalue weighted by molar-refractivity contribution is 5.89. The minimum absolute atomic E-state index is 0.0131. The number of aryl methyl sites for hydroxylation is 1. The van der Waals surface area contributed by atoms with E-state index in [0.29, 0.717) is 5.56 Å². The summed E-state index contributed by atoms with van der Waals surface area (Å²) in [5.74, 6) is -0.307. The van der Waals surface area contributed by atoms with Gasteiger partial charge in [0.25, 0.3) is 0 Å². The Labute approximate surface area is 149 Å². The van der Waals surface area contributed by atoms with E-state index in [4.69, 9.17) is 9.47 Å². The standard InChI is InChI=1S/C21H25NO3/c1-15-11-18(21(23)24-3)9-10-19(15)20-14-22(12-16(2)25-20)13-17-7-5-4-6-8-17/h4-11,16,20H,12-14H2,1-3H3/t16-,20-/m1/s1. The van der Waals surface area contributed by atoms with Gasteiger partial charge in [-0.15, -0.1) is 0 Å². The second-order valence-electron chi connectivity index (χ2n) is 6.68. The summed E-state index contributed by atoms with van der Waals surface area (Å²) in [6.07, 6.45) is 0.182. The van der Waals surface area contributed by atoms with Gasteiger partial charge in [-0.25, -0.2) is 4.79 Å². The van der Waals surface area contributed by atoms with Crippen molar-refractivity contribution in [2.75, 3.05) is 20.2 Å². The van der Waals surface area contributed by atoms with Crippen molar-refractivity contribution in [2.24, 2.45) is 0 Å². The maximum Gasteiger partial charge on any atom is 0.337 e. The van der Waals surface area contributed by atoms with Gasteiger partial charge in [-0.1, -0.05) is 36.4 Å². The molecule has 0 amide bonds. The summed E-state index contributed by atoms with van der Waals surface area (Å²) in [6.45, 7) is 6.82. The van der Waals surface area contributed by atoms with E-state index in [2.05, 4.69) is 36.1 Å². The minimum atomic E-state index is -0.307. The molecular weight excluding hydrogens is 314 g/mol. The van der Waals surface area contributed by atoms with Crippen LogP contribution in [-0.2, 0) is 16.0 Å². The quantitative estimate of drug-likeness (QED) is 0.796. The van der Waals surface area contributed by atoms with Gasteiger partial charge in [-0.05, 0) is 42.7 Å². The molecule has 3 rings (SSSR count). The van der Waals surface area contributed by atoms with Crippen LogP contribution in [0.25, 0.3) is 0 Å². The molecule has 0 N–H and O–H groups in total. The van der Waals surface area contributed by atoms with Crippen LogP contribution < -0.4 is 0 Å². The number of carbonyl (C=O) groups is 1. The maximum atomic E-state index is 11.7. The van der Waals surface area contributed by atoms with Crippen LogP contribution in [0.5, 0.6) is 0 Å². The van der Waals surface area contributed by atoms with Gasteiger partial charge < -0.3 is 9.47 Å². The lowest BCUT2D eigenvalue weighted by Gasteiger charge is -2.37. The molecule has 2 aromatic rings. The molecule has 0 radical (unpaired) electrons. The van der Waals surface area contributed by atoms with E-state index in [1.807, 2.05) is 31.2 Å². The van der Waals surface area contributed by atoms with Gasteiger partial charge in [-0.2, -0.15) is 0 Å². The summed E-state index contributed by atoms with van der Waals surface area (Å²) >= 11 is 0. The molecule has 0 unspecified atom stereocenters. The monoisotopic (exact) mass is 339 g/mol. The lowest BCUT2D eigenvalue weighted by atomic mass is 9.98.